The predicted octanol–water partition coefficient (Wildman–Crippen LogP) is 6.11. The van der Waals surface area contributed by atoms with Crippen LogP contribution in [0.4, 0.5) is 0 Å². The quantitative estimate of drug-likeness (QED) is 0.237. The van der Waals surface area contributed by atoms with Crippen LogP contribution in [0.1, 0.15) is 57.2 Å². The minimum atomic E-state index is -0.257. The van der Waals surface area contributed by atoms with Crippen molar-refractivity contribution in [3.63, 3.8) is 0 Å². The summed E-state index contributed by atoms with van der Waals surface area (Å²) in [6.45, 7) is 9.63. The molecule has 0 atom stereocenters. The number of thioether (sulfide) groups is 1. The van der Waals surface area contributed by atoms with Crippen LogP contribution in [0.15, 0.2) is 53.4 Å². The minimum Gasteiger partial charge on any atom is -0.489 e. The molecule has 34 heavy (non-hydrogen) atoms. The Hall–Kier alpha value is -2.64. The standard InChI is InChI=1S/C27H31NO4S2/c1-5-31-24(29)7-6-16-28-25(30)23(34-26(28)33)17-19-10-14-22(15-11-19)32-18-20-8-12-21(13-9-20)27(2,3)4/h8-15,17H,5-7,16,18H2,1-4H3/b23-17+. The van der Waals surface area contributed by atoms with Gasteiger partial charge in [-0.15, -0.1) is 0 Å². The largest absolute Gasteiger partial charge is 0.489 e. The summed E-state index contributed by atoms with van der Waals surface area (Å²) in [5, 5.41) is 0. The Morgan fingerprint density at radius 1 is 1.09 bits per heavy atom. The molecule has 1 saturated heterocycles. The van der Waals surface area contributed by atoms with Gasteiger partial charge in [0.15, 0.2) is 0 Å². The van der Waals surface area contributed by atoms with Crippen LogP contribution in [0.2, 0.25) is 0 Å². The van der Waals surface area contributed by atoms with E-state index in [0.717, 1.165) is 16.9 Å². The van der Waals surface area contributed by atoms with E-state index < -0.39 is 0 Å². The van der Waals surface area contributed by atoms with Gasteiger partial charge in [-0.25, -0.2) is 0 Å². The Balaban J connectivity index is 1.54. The molecular weight excluding hydrogens is 466 g/mol. The zero-order valence-electron chi connectivity index (χ0n) is 20.1. The summed E-state index contributed by atoms with van der Waals surface area (Å²) in [6, 6.07) is 16.1. The number of amides is 1. The molecule has 0 spiro atoms. The molecular formula is C27H31NO4S2. The van der Waals surface area contributed by atoms with Crippen LogP contribution in [0.25, 0.3) is 6.08 Å². The maximum Gasteiger partial charge on any atom is 0.305 e. The average Bonchev–Trinajstić information content (AvgIpc) is 3.06. The summed E-state index contributed by atoms with van der Waals surface area (Å²) in [5.74, 6) is 0.383. The van der Waals surface area contributed by atoms with Crippen LogP contribution in [0.3, 0.4) is 0 Å². The zero-order valence-corrected chi connectivity index (χ0v) is 21.8. The first-order valence-electron chi connectivity index (χ1n) is 11.4. The monoisotopic (exact) mass is 497 g/mol. The number of ether oxygens (including phenoxy) is 2. The Kier molecular flexibility index (Phi) is 8.91. The highest BCUT2D eigenvalue weighted by Crippen LogP contribution is 2.33. The topological polar surface area (TPSA) is 55.8 Å². The number of rotatable bonds is 9. The van der Waals surface area contributed by atoms with Gasteiger partial charge in [0.25, 0.3) is 5.91 Å². The van der Waals surface area contributed by atoms with Gasteiger partial charge in [0.05, 0.1) is 11.5 Å². The van der Waals surface area contributed by atoms with E-state index in [1.165, 1.54) is 17.3 Å². The second-order valence-corrected chi connectivity index (χ2v) is 10.7. The maximum atomic E-state index is 12.7. The molecule has 1 amide bonds. The van der Waals surface area contributed by atoms with Crippen molar-refractivity contribution in [1.82, 2.24) is 4.90 Å². The fourth-order valence-corrected chi connectivity index (χ4v) is 4.70. The molecule has 0 N–H and O–H groups in total. The van der Waals surface area contributed by atoms with Crippen molar-refractivity contribution >= 4 is 46.3 Å². The molecule has 0 unspecified atom stereocenters. The van der Waals surface area contributed by atoms with E-state index in [4.69, 9.17) is 21.7 Å². The number of nitrogens with zero attached hydrogens (tertiary/aromatic N) is 1. The highest BCUT2D eigenvalue weighted by atomic mass is 32.2. The van der Waals surface area contributed by atoms with Crippen molar-refractivity contribution in [2.24, 2.45) is 0 Å². The van der Waals surface area contributed by atoms with Crippen LogP contribution in [-0.4, -0.2) is 34.2 Å². The lowest BCUT2D eigenvalue weighted by atomic mass is 9.87. The van der Waals surface area contributed by atoms with Crippen molar-refractivity contribution in [2.45, 2.75) is 52.6 Å². The lowest BCUT2D eigenvalue weighted by molar-refractivity contribution is -0.143. The molecule has 0 bridgehead atoms. The summed E-state index contributed by atoms with van der Waals surface area (Å²) in [5.41, 5.74) is 3.44. The van der Waals surface area contributed by atoms with E-state index in [9.17, 15) is 9.59 Å². The number of carbonyl (C=O) groups excluding carboxylic acids is 2. The van der Waals surface area contributed by atoms with Gasteiger partial charge in [-0.1, -0.05) is 81.1 Å². The van der Waals surface area contributed by atoms with Gasteiger partial charge >= 0.3 is 5.97 Å². The lowest BCUT2D eigenvalue weighted by Crippen LogP contribution is -2.29. The number of thiocarbonyl (C=S) groups is 1. The van der Waals surface area contributed by atoms with Gasteiger partial charge in [-0.05, 0) is 53.7 Å². The van der Waals surface area contributed by atoms with Gasteiger partial charge in [0.1, 0.15) is 16.7 Å². The highest BCUT2D eigenvalue weighted by molar-refractivity contribution is 8.26. The van der Waals surface area contributed by atoms with Crippen molar-refractivity contribution < 1.29 is 19.1 Å². The van der Waals surface area contributed by atoms with Gasteiger partial charge in [-0.2, -0.15) is 0 Å². The minimum absolute atomic E-state index is 0.127. The number of hydrogen-bond donors (Lipinski definition) is 0. The molecule has 2 aromatic rings. The molecule has 0 saturated carbocycles. The van der Waals surface area contributed by atoms with Gasteiger partial charge in [0.2, 0.25) is 0 Å². The predicted molar refractivity (Wildman–Crippen MR) is 142 cm³/mol. The molecule has 0 aliphatic carbocycles. The summed E-state index contributed by atoms with van der Waals surface area (Å²) in [6.07, 6.45) is 2.62. The Labute approximate surface area is 211 Å². The molecule has 1 aliphatic rings. The third-order valence-corrected chi connectivity index (χ3v) is 6.72. The Morgan fingerprint density at radius 3 is 2.38 bits per heavy atom. The van der Waals surface area contributed by atoms with Crippen LogP contribution in [-0.2, 0) is 26.3 Å². The molecule has 5 nitrogen and oxygen atoms in total. The van der Waals surface area contributed by atoms with E-state index in [2.05, 4.69) is 45.0 Å². The number of esters is 1. The first kappa shape index (κ1) is 26.0. The molecule has 180 valence electrons. The van der Waals surface area contributed by atoms with Crippen molar-refractivity contribution in [3.05, 3.63) is 70.1 Å². The van der Waals surface area contributed by atoms with Crippen LogP contribution >= 0.6 is 24.0 Å². The van der Waals surface area contributed by atoms with Gasteiger partial charge in [0, 0.05) is 13.0 Å². The Bertz CT molecular complexity index is 1050. The summed E-state index contributed by atoms with van der Waals surface area (Å²) < 4.78 is 11.4. The average molecular weight is 498 g/mol. The van der Waals surface area contributed by atoms with E-state index >= 15 is 0 Å². The molecule has 2 aromatic carbocycles. The number of benzene rings is 2. The third-order valence-electron chi connectivity index (χ3n) is 5.34. The summed E-state index contributed by atoms with van der Waals surface area (Å²) in [4.78, 5) is 26.4. The van der Waals surface area contributed by atoms with Crippen LogP contribution in [0, 0.1) is 0 Å². The third kappa shape index (κ3) is 7.18. The molecule has 3 rings (SSSR count). The van der Waals surface area contributed by atoms with E-state index in [-0.39, 0.29) is 23.7 Å². The highest BCUT2D eigenvalue weighted by Gasteiger charge is 2.31. The normalized spacial score (nSPS) is 15.2. The maximum absolute atomic E-state index is 12.7. The molecule has 1 fully saturated rings. The smallest absolute Gasteiger partial charge is 0.305 e. The van der Waals surface area contributed by atoms with Crippen LogP contribution < -0.4 is 4.74 Å². The summed E-state index contributed by atoms with van der Waals surface area (Å²) in [7, 11) is 0. The fraction of sp³-hybridized carbons (Fsp3) is 0.370. The second kappa shape index (κ2) is 11.7. The molecule has 1 heterocycles. The Morgan fingerprint density at radius 2 is 1.76 bits per heavy atom. The first-order chi connectivity index (χ1) is 16.2. The molecule has 0 radical (unpaired) electrons. The van der Waals surface area contributed by atoms with Crippen molar-refractivity contribution in [2.75, 3.05) is 13.2 Å². The lowest BCUT2D eigenvalue weighted by Gasteiger charge is -2.19. The van der Waals surface area contributed by atoms with E-state index in [1.54, 1.807) is 11.8 Å². The first-order valence-corrected chi connectivity index (χ1v) is 12.6. The SMILES string of the molecule is CCOC(=O)CCCN1C(=O)/C(=C\c2ccc(OCc3ccc(C(C)(C)C)cc3)cc2)SC1=S. The van der Waals surface area contributed by atoms with Crippen LogP contribution in [0.5, 0.6) is 5.75 Å². The van der Waals surface area contributed by atoms with Gasteiger partial charge < -0.3 is 9.47 Å². The van der Waals surface area contributed by atoms with E-state index in [0.29, 0.717) is 35.4 Å². The van der Waals surface area contributed by atoms with Crippen molar-refractivity contribution in [1.29, 1.82) is 0 Å². The fourth-order valence-electron chi connectivity index (χ4n) is 3.39. The zero-order chi connectivity index (χ0) is 24.7. The van der Waals surface area contributed by atoms with Crippen molar-refractivity contribution in [3.8, 4) is 5.75 Å². The number of hydrogen-bond acceptors (Lipinski definition) is 6. The molecule has 7 heteroatoms. The molecule has 0 aromatic heterocycles. The number of carbonyl (C=O) groups is 2. The van der Waals surface area contributed by atoms with Gasteiger partial charge in [-0.3, -0.25) is 14.5 Å². The van der Waals surface area contributed by atoms with E-state index in [1.807, 2.05) is 30.3 Å². The summed E-state index contributed by atoms with van der Waals surface area (Å²) >= 11 is 6.64. The second-order valence-electron chi connectivity index (χ2n) is 9.05. The molecule has 1 aliphatic heterocycles.